The fourth-order valence-corrected chi connectivity index (χ4v) is 2.22. The van der Waals surface area contributed by atoms with Gasteiger partial charge in [-0.15, -0.1) is 0 Å². The van der Waals surface area contributed by atoms with Crippen LogP contribution in [0.25, 0.3) is 6.08 Å². The van der Waals surface area contributed by atoms with Crippen LogP contribution in [0.5, 0.6) is 0 Å². The summed E-state index contributed by atoms with van der Waals surface area (Å²) in [6, 6.07) is 11.1. The molecule has 0 bridgehead atoms. The molecule has 17 heavy (non-hydrogen) atoms. The number of hydrogen-bond acceptors (Lipinski definition) is 2. The van der Waals surface area contributed by atoms with Crippen LogP contribution in [-0.4, -0.2) is 25.7 Å². The van der Waals surface area contributed by atoms with Crippen LogP contribution in [0.15, 0.2) is 35.9 Å². The molecule has 2 heteroatoms. The van der Waals surface area contributed by atoms with Gasteiger partial charge in [-0.05, 0) is 31.9 Å². The smallest absolute Gasteiger partial charge is 0.0196 e. The minimum atomic E-state index is 0.642. The van der Waals surface area contributed by atoms with Gasteiger partial charge in [-0.1, -0.05) is 42.0 Å². The lowest BCUT2D eigenvalue weighted by molar-refractivity contribution is 0.400. The highest BCUT2D eigenvalue weighted by atomic mass is 15.0. The van der Waals surface area contributed by atoms with Crippen LogP contribution < -0.4 is 10.6 Å². The van der Waals surface area contributed by atoms with Crippen LogP contribution in [0.3, 0.4) is 0 Å². The van der Waals surface area contributed by atoms with E-state index in [2.05, 4.69) is 54.0 Å². The van der Waals surface area contributed by atoms with Gasteiger partial charge in [0.1, 0.15) is 0 Å². The van der Waals surface area contributed by atoms with Gasteiger partial charge >= 0.3 is 0 Å². The maximum Gasteiger partial charge on any atom is 0.0196 e. The van der Waals surface area contributed by atoms with E-state index in [0.717, 1.165) is 13.1 Å². The third-order valence-corrected chi connectivity index (χ3v) is 3.18. The van der Waals surface area contributed by atoms with E-state index in [4.69, 9.17) is 0 Å². The van der Waals surface area contributed by atoms with Crippen molar-refractivity contribution in [2.24, 2.45) is 0 Å². The molecule has 0 aliphatic carbocycles. The Kier molecular flexibility index (Phi) is 4.77. The largest absolute Gasteiger partial charge is 0.315 e. The summed E-state index contributed by atoms with van der Waals surface area (Å²) in [5.74, 6) is 0. The molecule has 1 aromatic rings. The molecule has 1 aliphatic heterocycles. The molecular weight excluding hydrogens is 208 g/mol. The second-order valence-corrected chi connectivity index (χ2v) is 4.83. The van der Waals surface area contributed by atoms with Crippen LogP contribution in [0.4, 0.5) is 0 Å². The molecule has 1 unspecified atom stereocenters. The van der Waals surface area contributed by atoms with Gasteiger partial charge in [-0.25, -0.2) is 0 Å². The van der Waals surface area contributed by atoms with Crippen molar-refractivity contribution < 1.29 is 0 Å². The molecule has 1 aromatic carbocycles. The highest BCUT2D eigenvalue weighted by molar-refractivity contribution is 5.52. The molecule has 1 aliphatic rings. The van der Waals surface area contributed by atoms with Crippen LogP contribution >= 0.6 is 0 Å². The summed E-state index contributed by atoms with van der Waals surface area (Å²) >= 11 is 0. The molecule has 2 rings (SSSR count). The fraction of sp³-hybridized carbons (Fsp3) is 0.467. The molecule has 0 saturated carbocycles. The number of benzene rings is 1. The maximum absolute atomic E-state index is 3.61. The van der Waals surface area contributed by atoms with Crippen LogP contribution in [0.1, 0.15) is 25.3 Å². The van der Waals surface area contributed by atoms with Gasteiger partial charge in [0.2, 0.25) is 0 Å². The van der Waals surface area contributed by atoms with E-state index < -0.39 is 0 Å². The average molecular weight is 230 g/mol. The Labute approximate surface area is 104 Å². The lowest BCUT2D eigenvalue weighted by Gasteiger charge is -2.24. The zero-order valence-electron chi connectivity index (χ0n) is 10.6. The molecule has 0 radical (unpaired) electrons. The van der Waals surface area contributed by atoms with Gasteiger partial charge in [-0.3, -0.25) is 0 Å². The topological polar surface area (TPSA) is 24.1 Å². The lowest BCUT2D eigenvalue weighted by Crippen LogP contribution is -2.43. The second kappa shape index (κ2) is 6.58. The standard InChI is InChI=1S/C15H22N2/c1-13(10-14-6-3-2-4-7-14)11-17-15-8-5-9-16-12-15/h2-4,6-7,10,15-17H,5,8-9,11-12H2,1H3/b13-10+. The van der Waals surface area contributed by atoms with Crippen LogP contribution in [0, 0.1) is 0 Å². The highest BCUT2D eigenvalue weighted by Crippen LogP contribution is 2.06. The maximum atomic E-state index is 3.61. The van der Waals surface area contributed by atoms with Gasteiger partial charge < -0.3 is 10.6 Å². The Morgan fingerprint density at radius 1 is 1.41 bits per heavy atom. The summed E-state index contributed by atoms with van der Waals surface area (Å²) in [7, 11) is 0. The normalized spacial score (nSPS) is 21.5. The molecule has 92 valence electrons. The number of nitrogens with one attached hydrogen (secondary N) is 2. The minimum absolute atomic E-state index is 0.642. The van der Waals surface area contributed by atoms with Crippen LogP contribution in [-0.2, 0) is 0 Å². The van der Waals surface area contributed by atoms with Gasteiger partial charge in [-0.2, -0.15) is 0 Å². The third-order valence-electron chi connectivity index (χ3n) is 3.18. The summed E-state index contributed by atoms with van der Waals surface area (Å²) in [5, 5.41) is 7.04. The van der Waals surface area contributed by atoms with Gasteiger partial charge in [0.15, 0.2) is 0 Å². The first-order valence-corrected chi connectivity index (χ1v) is 6.51. The highest BCUT2D eigenvalue weighted by Gasteiger charge is 2.11. The van der Waals surface area contributed by atoms with Crippen molar-refractivity contribution in [3.05, 3.63) is 41.5 Å². The van der Waals surface area contributed by atoms with Gasteiger partial charge in [0.05, 0.1) is 0 Å². The number of piperidine rings is 1. The van der Waals surface area contributed by atoms with E-state index in [9.17, 15) is 0 Å². The van der Waals surface area contributed by atoms with Crippen molar-refractivity contribution in [1.82, 2.24) is 10.6 Å². The predicted octanol–water partition coefficient (Wildman–Crippen LogP) is 2.43. The van der Waals surface area contributed by atoms with E-state index in [1.54, 1.807) is 0 Å². The molecule has 1 saturated heterocycles. The summed E-state index contributed by atoms with van der Waals surface area (Å²) in [5.41, 5.74) is 2.68. The first kappa shape index (κ1) is 12.3. The van der Waals surface area contributed by atoms with Crippen molar-refractivity contribution in [3.8, 4) is 0 Å². The first-order chi connectivity index (χ1) is 8.34. The van der Waals surface area contributed by atoms with Crippen molar-refractivity contribution in [3.63, 3.8) is 0 Å². The minimum Gasteiger partial charge on any atom is -0.315 e. The van der Waals surface area contributed by atoms with Crippen LogP contribution in [0.2, 0.25) is 0 Å². The zero-order valence-corrected chi connectivity index (χ0v) is 10.6. The Morgan fingerprint density at radius 3 is 2.94 bits per heavy atom. The third kappa shape index (κ3) is 4.33. The predicted molar refractivity (Wildman–Crippen MR) is 74.0 cm³/mol. The van der Waals surface area contributed by atoms with Crippen molar-refractivity contribution >= 4 is 6.08 Å². The molecule has 1 atom stereocenters. The monoisotopic (exact) mass is 230 g/mol. The van der Waals surface area contributed by atoms with E-state index >= 15 is 0 Å². The second-order valence-electron chi connectivity index (χ2n) is 4.83. The molecule has 2 nitrogen and oxygen atoms in total. The Hall–Kier alpha value is -1.12. The van der Waals surface area contributed by atoms with Crippen molar-refractivity contribution in [1.29, 1.82) is 0 Å². The number of rotatable bonds is 4. The summed E-state index contributed by atoms with van der Waals surface area (Å²) in [6.45, 7) is 5.47. The Morgan fingerprint density at radius 2 is 2.24 bits per heavy atom. The summed E-state index contributed by atoms with van der Waals surface area (Å²) in [4.78, 5) is 0. The molecule has 2 N–H and O–H groups in total. The Bertz CT molecular complexity index is 350. The summed E-state index contributed by atoms with van der Waals surface area (Å²) < 4.78 is 0. The Balaban J connectivity index is 1.80. The lowest BCUT2D eigenvalue weighted by atomic mass is 10.1. The average Bonchev–Trinajstić information content (AvgIpc) is 2.39. The molecule has 0 aromatic heterocycles. The van der Waals surface area contributed by atoms with Gasteiger partial charge in [0, 0.05) is 19.1 Å². The van der Waals surface area contributed by atoms with Crippen molar-refractivity contribution in [2.45, 2.75) is 25.8 Å². The molecule has 0 amide bonds. The van der Waals surface area contributed by atoms with Crippen molar-refractivity contribution in [2.75, 3.05) is 19.6 Å². The molecule has 1 fully saturated rings. The zero-order chi connectivity index (χ0) is 11.9. The SMILES string of the molecule is C/C(=C\c1ccccc1)CNC1CCCNC1. The van der Waals surface area contributed by atoms with E-state index in [1.165, 1.54) is 30.5 Å². The quantitative estimate of drug-likeness (QED) is 0.830. The van der Waals surface area contributed by atoms with E-state index in [1.807, 2.05) is 0 Å². The molecule has 1 heterocycles. The van der Waals surface area contributed by atoms with E-state index in [0.29, 0.717) is 6.04 Å². The summed E-state index contributed by atoms with van der Waals surface area (Å²) in [6.07, 6.45) is 4.84. The number of hydrogen-bond donors (Lipinski definition) is 2. The molecular formula is C15H22N2. The fourth-order valence-electron chi connectivity index (χ4n) is 2.22. The van der Waals surface area contributed by atoms with Gasteiger partial charge in [0.25, 0.3) is 0 Å². The molecule has 0 spiro atoms. The first-order valence-electron chi connectivity index (χ1n) is 6.51. The van der Waals surface area contributed by atoms with E-state index in [-0.39, 0.29) is 0 Å².